The Balaban J connectivity index is 1.41. The van der Waals surface area contributed by atoms with Gasteiger partial charge in [0.1, 0.15) is 11.6 Å². The molecular formula is C28H28FN3O3S. The average molecular weight is 506 g/mol. The number of ether oxygens (including phenoxy) is 1. The minimum Gasteiger partial charge on any atom is -0.490 e. The highest BCUT2D eigenvalue weighted by molar-refractivity contribution is 7.88. The SMILES string of the molecule is Cc1cc2c(cnn2-c2ccc(F)cc2)cc1[C@]12C[C@@H](Oc3ccccc3)C[C@H]1CN(S(C)(=O)=O)C2. The maximum Gasteiger partial charge on any atom is 0.211 e. The summed E-state index contributed by atoms with van der Waals surface area (Å²) in [5, 5.41) is 5.55. The predicted molar refractivity (Wildman–Crippen MR) is 137 cm³/mol. The number of nitrogens with zero attached hydrogens (tertiary/aromatic N) is 3. The second-order valence-corrected chi connectivity index (χ2v) is 12.1. The van der Waals surface area contributed by atoms with Crippen LogP contribution in [0, 0.1) is 18.7 Å². The lowest BCUT2D eigenvalue weighted by molar-refractivity contribution is 0.191. The smallest absolute Gasteiger partial charge is 0.211 e. The number of halogens is 1. The third-order valence-electron chi connectivity index (χ3n) is 7.84. The molecule has 0 radical (unpaired) electrons. The van der Waals surface area contributed by atoms with E-state index in [9.17, 15) is 12.8 Å². The van der Waals surface area contributed by atoms with Crippen LogP contribution in [-0.2, 0) is 15.4 Å². The lowest BCUT2D eigenvalue weighted by Gasteiger charge is -2.31. The van der Waals surface area contributed by atoms with Gasteiger partial charge in [-0.2, -0.15) is 5.10 Å². The largest absolute Gasteiger partial charge is 0.490 e. The van der Waals surface area contributed by atoms with Crippen LogP contribution in [0.25, 0.3) is 16.6 Å². The summed E-state index contributed by atoms with van der Waals surface area (Å²) in [6, 6.07) is 20.4. The fourth-order valence-corrected chi connectivity index (χ4v) is 7.13. The Hall–Kier alpha value is -3.23. The van der Waals surface area contributed by atoms with E-state index in [2.05, 4.69) is 24.2 Å². The highest BCUT2D eigenvalue weighted by Crippen LogP contribution is 2.53. The van der Waals surface area contributed by atoms with Gasteiger partial charge in [0.2, 0.25) is 10.0 Å². The summed E-state index contributed by atoms with van der Waals surface area (Å²) in [5.74, 6) is 0.707. The lowest BCUT2D eigenvalue weighted by Crippen LogP contribution is -2.36. The third kappa shape index (κ3) is 3.89. The summed E-state index contributed by atoms with van der Waals surface area (Å²) in [6.45, 7) is 3.03. The van der Waals surface area contributed by atoms with E-state index in [0.717, 1.165) is 46.3 Å². The lowest BCUT2D eigenvalue weighted by atomic mass is 9.72. The molecule has 1 aliphatic carbocycles. The number of fused-ring (bicyclic) bond motifs is 2. The van der Waals surface area contributed by atoms with Gasteiger partial charge in [-0.25, -0.2) is 21.8 Å². The topological polar surface area (TPSA) is 64.4 Å². The number of aromatic nitrogens is 2. The molecule has 3 aromatic carbocycles. The van der Waals surface area contributed by atoms with Gasteiger partial charge in [0.15, 0.2) is 0 Å². The molecule has 8 heteroatoms. The molecule has 2 heterocycles. The van der Waals surface area contributed by atoms with Crippen molar-refractivity contribution in [3.05, 3.63) is 89.9 Å². The summed E-state index contributed by atoms with van der Waals surface area (Å²) >= 11 is 0. The number of rotatable bonds is 5. The first-order chi connectivity index (χ1) is 17.2. The summed E-state index contributed by atoms with van der Waals surface area (Å²) in [6.07, 6.45) is 4.67. The van der Waals surface area contributed by atoms with Crippen LogP contribution in [0.15, 0.2) is 72.9 Å². The van der Waals surface area contributed by atoms with Crippen LogP contribution in [0.1, 0.15) is 24.0 Å². The minimum absolute atomic E-state index is 0.0103. The van der Waals surface area contributed by atoms with Crippen LogP contribution in [0.4, 0.5) is 4.39 Å². The molecule has 2 aliphatic rings. The van der Waals surface area contributed by atoms with Crippen molar-refractivity contribution in [2.24, 2.45) is 5.92 Å². The molecule has 0 N–H and O–H groups in total. The van der Waals surface area contributed by atoms with Crippen LogP contribution in [0.3, 0.4) is 0 Å². The van der Waals surface area contributed by atoms with Crippen molar-refractivity contribution in [3.8, 4) is 11.4 Å². The maximum absolute atomic E-state index is 13.5. The molecule has 6 rings (SSSR count). The zero-order valence-electron chi connectivity index (χ0n) is 20.3. The van der Waals surface area contributed by atoms with E-state index in [1.54, 1.807) is 16.4 Å². The fourth-order valence-electron chi connectivity index (χ4n) is 6.22. The maximum atomic E-state index is 13.5. The van der Waals surface area contributed by atoms with Gasteiger partial charge >= 0.3 is 0 Å². The highest BCUT2D eigenvalue weighted by Gasteiger charge is 2.56. The minimum atomic E-state index is -3.31. The van der Waals surface area contributed by atoms with Crippen molar-refractivity contribution in [1.82, 2.24) is 14.1 Å². The molecule has 0 unspecified atom stereocenters. The molecule has 6 nitrogen and oxygen atoms in total. The number of benzene rings is 3. The standard InChI is InChI=1S/C28H28FN3O3S/c1-19-12-27-20(16-30-32(27)23-10-8-22(29)9-11-23)13-26(19)28-15-25(35-24-6-4-3-5-7-24)14-21(28)17-31(18-28)36(2,33)34/h3-13,16,21,25H,14-15,17-18H2,1-2H3/t21-,25-,28-/m0/s1. The van der Waals surface area contributed by atoms with E-state index in [1.165, 1.54) is 18.4 Å². The van der Waals surface area contributed by atoms with E-state index >= 15 is 0 Å². The molecule has 1 saturated carbocycles. The molecule has 0 spiro atoms. The van der Waals surface area contributed by atoms with E-state index in [0.29, 0.717) is 13.1 Å². The van der Waals surface area contributed by atoms with E-state index < -0.39 is 10.0 Å². The van der Waals surface area contributed by atoms with Crippen LogP contribution in [-0.4, -0.2) is 48.0 Å². The second kappa shape index (κ2) is 8.42. The Bertz CT molecular complexity index is 1540. The van der Waals surface area contributed by atoms with Gasteiger partial charge in [-0.15, -0.1) is 0 Å². The summed E-state index contributed by atoms with van der Waals surface area (Å²) in [7, 11) is -3.31. The van der Waals surface area contributed by atoms with Crippen LogP contribution >= 0.6 is 0 Å². The molecule has 1 saturated heterocycles. The van der Waals surface area contributed by atoms with Gasteiger partial charge in [0.25, 0.3) is 0 Å². The Morgan fingerprint density at radius 2 is 1.83 bits per heavy atom. The average Bonchev–Trinajstić information content (AvgIpc) is 3.50. The number of para-hydroxylation sites is 1. The molecule has 186 valence electrons. The van der Waals surface area contributed by atoms with Crippen molar-refractivity contribution >= 4 is 20.9 Å². The molecular weight excluding hydrogens is 477 g/mol. The third-order valence-corrected chi connectivity index (χ3v) is 9.06. The molecule has 1 aromatic heterocycles. The molecule has 0 bridgehead atoms. The Kier molecular flexibility index (Phi) is 5.42. The first kappa shape index (κ1) is 23.2. The normalized spacial score (nSPS) is 24.3. The van der Waals surface area contributed by atoms with E-state index in [1.807, 2.05) is 41.2 Å². The Labute approximate surface area is 210 Å². The number of sulfonamides is 1. The van der Waals surface area contributed by atoms with E-state index in [-0.39, 0.29) is 23.3 Å². The molecule has 0 amide bonds. The van der Waals surface area contributed by atoms with Gasteiger partial charge in [-0.3, -0.25) is 0 Å². The quantitative estimate of drug-likeness (QED) is 0.389. The summed E-state index contributed by atoms with van der Waals surface area (Å²) in [5.41, 5.74) is 3.63. The summed E-state index contributed by atoms with van der Waals surface area (Å²) < 4.78 is 48.4. The molecule has 4 aromatic rings. The zero-order chi connectivity index (χ0) is 25.1. The monoisotopic (exact) mass is 505 g/mol. The molecule has 1 aliphatic heterocycles. The van der Waals surface area contributed by atoms with Crippen molar-refractivity contribution < 1.29 is 17.5 Å². The van der Waals surface area contributed by atoms with E-state index in [4.69, 9.17) is 4.74 Å². The molecule has 36 heavy (non-hydrogen) atoms. The summed E-state index contributed by atoms with van der Waals surface area (Å²) in [4.78, 5) is 0. The van der Waals surface area contributed by atoms with Gasteiger partial charge in [0.05, 0.1) is 29.8 Å². The number of hydrogen-bond donors (Lipinski definition) is 0. The molecule has 2 fully saturated rings. The van der Waals surface area contributed by atoms with Crippen molar-refractivity contribution in [3.63, 3.8) is 0 Å². The number of aryl methyl sites for hydroxylation is 1. The van der Waals surface area contributed by atoms with Crippen molar-refractivity contribution in [2.75, 3.05) is 19.3 Å². The Morgan fingerprint density at radius 1 is 1.08 bits per heavy atom. The van der Waals surface area contributed by atoms with Crippen LogP contribution in [0.2, 0.25) is 0 Å². The predicted octanol–water partition coefficient (Wildman–Crippen LogP) is 4.84. The van der Waals surface area contributed by atoms with Gasteiger partial charge in [-0.05, 0) is 85.3 Å². The van der Waals surface area contributed by atoms with Gasteiger partial charge < -0.3 is 4.74 Å². The van der Waals surface area contributed by atoms with Gasteiger partial charge in [0, 0.05) is 23.9 Å². The fraction of sp³-hybridized carbons (Fsp3) is 0.321. The highest BCUT2D eigenvalue weighted by atomic mass is 32.2. The Morgan fingerprint density at radius 3 is 2.56 bits per heavy atom. The first-order valence-corrected chi connectivity index (χ1v) is 14.0. The van der Waals surface area contributed by atoms with Crippen LogP contribution in [0.5, 0.6) is 5.75 Å². The molecule has 3 atom stereocenters. The van der Waals surface area contributed by atoms with Crippen molar-refractivity contribution in [1.29, 1.82) is 0 Å². The second-order valence-electron chi connectivity index (χ2n) is 10.2. The van der Waals surface area contributed by atoms with Crippen LogP contribution < -0.4 is 4.74 Å². The van der Waals surface area contributed by atoms with Gasteiger partial charge in [-0.1, -0.05) is 18.2 Å². The zero-order valence-corrected chi connectivity index (χ0v) is 21.1. The first-order valence-electron chi connectivity index (χ1n) is 12.1. The van der Waals surface area contributed by atoms with Crippen molar-refractivity contribution in [2.45, 2.75) is 31.3 Å². The number of hydrogen-bond acceptors (Lipinski definition) is 4.